The second-order valence-corrected chi connectivity index (χ2v) is 4.21. The molecule has 1 aromatic heterocycles. The van der Waals surface area contributed by atoms with Crippen molar-refractivity contribution in [3.05, 3.63) is 64.6 Å². The molecule has 0 radical (unpaired) electrons. The second kappa shape index (κ2) is 4.87. The van der Waals surface area contributed by atoms with Gasteiger partial charge >= 0.3 is 0 Å². The Balaban J connectivity index is 2.18. The first-order chi connectivity index (χ1) is 8.56. The number of aromatic nitrogens is 1. The van der Waals surface area contributed by atoms with E-state index in [-0.39, 0.29) is 5.91 Å². The van der Waals surface area contributed by atoms with E-state index < -0.39 is 0 Å². The molecular formula is C14H14N2O2. The van der Waals surface area contributed by atoms with Gasteiger partial charge in [0.25, 0.3) is 5.91 Å². The minimum absolute atomic E-state index is 0.288. The first kappa shape index (κ1) is 12.1. The summed E-state index contributed by atoms with van der Waals surface area (Å²) in [7, 11) is 0. The Kier molecular flexibility index (Phi) is 3.28. The highest BCUT2D eigenvalue weighted by molar-refractivity contribution is 6.03. The maximum atomic E-state index is 11.9. The summed E-state index contributed by atoms with van der Waals surface area (Å²) in [5.74, 6) is -0.288. The lowest BCUT2D eigenvalue weighted by Crippen LogP contribution is -2.27. The van der Waals surface area contributed by atoms with E-state index in [2.05, 4.69) is 5.32 Å². The average molecular weight is 242 g/mol. The SMILES string of the molecule is Cc1ccc(NC(=O)c2ccc[n+]([O-])c2)cc1C. The summed E-state index contributed by atoms with van der Waals surface area (Å²) in [6.07, 6.45) is 2.59. The molecule has 2 rings (SSSR count). The number of anilines is 1. The number of carbonyl (C=O) groups excluding carboxylic acids is 1. The lowest BCUT2D eigenvalue weighted by atomic mass is 10.1. The molecule has 0 atom stereocenters. The minimum Gasteiger partial charge on any atom is -0.619 e. The van der Waals surface area contributed by atoms with Crippen LogP contribution in [-0.2, 0) is 0 Å². The number of hydrogen-bond donors (Lipinski definition) is 1. The van der Waals surface area contributed by atoms with Crippen LogP contribution in [0.4, 0.5) is 5.69 Å². The van der Waals surface area contributed by atoms with Gasteiger partial charge in [0.2, 0.25) is 0 Å². The number of hydrogen-bond acceptors (Lipinski definition) is 2. The van der Waals surface area contributed by atoms with Crippen LogP contribution in [0, 0.1) is 19.1 Å². The predicted octanol–water partition coefficient (Wildman–Crippen LogP) is 2.19. The fourth-order valence-corrected chi connectivity index (χ4v) is 1.61. The summed E-state index contributed by atoms with van der Waals surface area (Å²) in [6.45, 7) is 4.00. The molecule has 0 saturated heterocycles. The topological polar surface area (TPSA) is 56.0 Å². The summed E-state index contributed by atoms with van der Waals surface area (Å²) in [5.41, 5.74) is 3.35. The predicted molar refractivity (Wildman–Crippen MR) is 69.3 cm³/mol. The summed E-state index contributed by atoms with van der Waals surface area (Å²) < 4.78 is 0.606. The van der Waals surface area contributed by atoms with Crippen LogP contribution in [0.3, 0.4) is 0 Å². The van der Waals surface area contributed by atoms with Crippen molar-refractivity contribution in [1.29, 1.82) is 0 Å². The van der Waals surface area contributed by atoms with Gasteiger partial charge < -0.3 is 10.5 Å². The van der Waals surface area contributed by atoms with Crippen molar-refractivity contribution in [1.82, 2.24) is 0 Å². The van der Waals surface area contributed by atoms with Crippen LogP contribution in [0.1, 0.15) is 21.5 Å². The largest absolute Gasteiger partial charge is 0.619 e. The van der Waals surface area contributed by atoms with Gasteiger partial charge in [0.15, 0.2) is 12.4 Å². The van der Waals surface area contributed by atoms with Crippen molar-refractivity contribution in [2.75, 3.05) is 5.32 Å². The number of rotatable bonds is 2. The van der Waals surface area contributed by atoms with Crippen LogP contribution in [-0.4, -0.2) is 5.91 Å². The molecular weight excluding hydrogens is 228 g/mol. The molecule has 0 aliphatic carbocycles. The number of pyridine rings is 1. The van der Waals surface area contributed by atoms with Gasteiger partial charge in [-0.05, 0) is 43.2 Å². The zero-order valence-corrected chi connectivity index (χ0v) is 10.3. The molecule has 1 aromatic carbocycles. The molecule has 0 saturated carbocycles. The third-order valence-electron chi connectivity index (χ3n) is 2.80. The second-order valence-electron chi connectivity index (χ2n) is 4.21. The van der Waals surface area contributed by atoms with Crippen LogP contribution in [0.2, 0.25) is 0 Å². The van der Waals surface area contributed by atoms with Gasteiger partial charge in [-0.25, -0.2) is 0 Å². The van der Waals surface area contributed by atoms with Gasteiger partial charge in [0, 0.05) is 11.8 Å². The van der Waals surface area contributed by atoms with E-state index in [1.165, 1.54) is 18.0 Å². The van der Waals surface area contributed by atoms with E-state index in [9.17, 15) is 10.0 Å². The third-order valence-corrected chi connectivity index (χ3v) is 2.80. The Labute approximate surface area is 105 Å². The fraction of sp³-hybridized carbons (Fsp3) is 0.143. The molecule has 92 valence electrons. The van der Waals surface area contributed by atoms with Crippen LogP contribution in [0.15, 0.2) is 42.7 Å². The Morgan fingerprint density at radius 3 is 2.67 bits per heavy atom. The van der Waals surface area contributed by atoms with Crippen LogP contribution in [0.25, 0.3) is 0 Å². The van der Waals surface area contributed by atoms with Crippen molar-refractivity contribution in [3.8, 4) is 0 Å². The molecule has 1 N–H and O–H groups in total. The average Bonchev–Trinajstić information content (AvgIpc) is 2.34. The number of nitrogens with one attached hydrogen (secondary N) is 1. The third kappa shape index (κ3) is 2.66. The van der Waals surface area contributed by atoms with E-state index in [1.807, 2.05) is 32.0 Å². The summed E-state index contributed by atoms with van der Waals surface area (Å²) in [6, 6.07) is 8.84. The molecule has 4 nitrogen and oxygen atoms in total. The van der Waals surface area contributed by atoms with E-state index in [0.29, 0.717) is 10.3 Å². The van der Waals surface area contributed by atoms with Gasteiger partial charge in [-0.15, -0.1) is 0 Å². The number of carbonyl (C=O) groups is 1. The molecule has 2 aromatic rings. The smallest absolute Gasteiger partial charge is 0.261 e. The van der Waals surface area contributed by atoms with Crippen molar-refractivity contribution in [2.45, 2.75) is 13.8 Å². The minimum atomic E-state index is -0.288. The Hall–Kier alpha value is -2.36. The molecule has 0 aliphatic heterocycles. The van der Waals surface area contributed by atoms with Gasteiger partial charge in [0.05, 0.1) is 0 Å². The van der Waals surface area contributed by atoms with E-state index >= 15 is 0 Å². The first-order valence-electron chi connectivity index (χ1n) is 5.64. The first-order valence-corrected chi connectivity index (χ1v) is 5.64. The van der Waals surface area contributed by atoms with Crippen molar-refractivity contribution in [3.63, 3.8) is 0 Å². The fourth-order valence-electron chi connectivity index (χ4n) is 1.61. The molecule has 0 aliphatic rings. The standard InChI is InChI=1S/C14H14N2O2/c1-10-5-6-13(8-11(10)2)15-14(17)12-4-3-7-16(18)9-12/h3-9H,1-2H3,(H,15,17). The Morgan fingerprint density at radius 2 is 2.00 bits per heavy atom. The van der Waals surface area contributed by atoms with Crippen molar-refractivity contribution < 1.29 is 9.52 Å². The summed E-state index contributed by atoms with van der Waals surface area (Å²) in [5, 5.41) is 13.8. The summed E-state index contributed by atoms with van der Waals surface area (Å²) >= 11 is 0. The molecule has 0 fully saturated rings. The Morgan fingerprint density at radius 1 is 1.22 bits per heavy atom. The lowest BCUT2D eigenvalue weighted by molar-refractivity contribution is -0.605. The van der Waals surface area contributed by atoms with Crippen LogP contribution >= 0.6 is 0 Å². The molecule has 1 heterocycles. The van der Waals surface area contributed by atoms with Gasteiger partial charge in [-0.3, -0.25) is 4.79 Å². The number of benzene rings is 1. The van der Waals surface area contributed by atoms with Crippen LogP contribution in [0.5, 0.6) is 0 Å². The maximum Gasteiger partial charge on any atom is 0.261 e. The van der Waals surface area contributed by atoms with Gasteiger partial charge in [-0.2, -0.15) is 4.73 Å². The number of aryl methyl sites for hydroxylation is 2. The number of nitrogens with zero attached hydrogens (tertiary/aromatic N) is 1. The van der Waals surface area contributed by atoms with Gasteiger partial charge in [-0.1, -0.05) is 6.07 Å². The summed E-state index contributed by atoms with van der Waals surface area (Å²) in [4.78, 5) is 11.9. The lowest BCUT2D eigenvalue weighted by Gasteiger charge is -2.07. The Bertz CT molecular complexity index is 594. The van der Waals surface area contributed by atoms with Crippen molar-refractivity contribution in [2.24, 2.45) is 0 Å². The molecule has 18 heavy (non-hydrogen) atoms. The molecule has 0 spiro atoms. The number of amides is 1. The normalized spacial score (nSPS) is 10.1. The van der Waals surface area contributed by atoms with E-state index in [1.54, 1.807) is 12.1 Å². The zero-order valence-electron chi connectivity index (χ0n) is 10.3. The maximum absolute atomic E-state index is 11.9. The van der Waals surface area contributed by atoms with E-state index in [4.69, 9.17) is 0 Å². The van der Waals surface area contributed by atoms with Crippen LogP contribution < -0.4 is 10.0 Å². The van der Waals surface area contributed by atoms with E-state index in [0.717, 1.165) is 11.3 Å². The quantitative estimate of drug-likeness (QED) is 0.648. The highest BCUT2D eigenvalue weighted by Crippen LogP contribution is 2.14. The highest BCUT2D eigenvalue weighted by Gasteiger charge is 2.09. The molecule has 0 bridgehead atoms. The highest BCUT2D eigenvalue weighted by atomic mass is 16.5. The monoisotopic (exact) mass is 242 g/mol. The van der Waals surface area contributed by atoms with Gasteiger partial charge in [0.1, 0.15) is 5.56 Å². The molecule has 4 heteroatoms. The zero-order chi connectivity index (χ0) is 13.1. The van der Waals surface area contributed by atoms with Crippen molar-refractivity contribution >= 4 is 11.6 Å². The molecule has 1 amide bonds. The molecule has 0 unspecified atom stereocenters.